The summed E-state index contributed by atoms with van der Waals surface area (Å²) in [4.78, 5) is 13.9. The van der Waals surface area contributed by atoms with E-state index < -0.39 is 12.1 Å². The van der Waals surface area contributed by atoms with Crippen molar-refractivity contribution in [3.63, 3.8) is 0 Å². The summed E-state index contributed by atoms with van der Waals surface area (Å²) < 4.78 is 0. The van der Waals surface area contributed by atoms with Gasteiger partial charge in [-0.3, -0.25) is 0 Å². The van der Waals surface area contributed by atoms with Gasteiger partial charge in [0.05, 0.1) is 22.2 Å². The lowest BCUT2D eigenvalue weighted by Gasteiger charge is -2.09. The molecule has 3 N–H and O–H groups in total. The van der Waals surface area contributed by atoms with Crippen molar-refractivity contribution in [2.45, 2.75) is 13.0 Å². The lowest BCUT2D eigenvalue weighted by atomic mass is 10.0. The molecule has 1 aromatic carbocycles. The first kappa shape index (κ1) is 11.0. The van der Waals surface area contributed by atoms with Crippen molar-refractivity contribution in [3.05, 3.63) is 34.5 Å². The van der Waals surface area contributed by atoms with Gasteiger partial charge in [0.2, 0.25) is 0 Å². The second-order valence-electron chi connectivity index (χ2n) is 3.57. The number of carboxylic acid groups (broad SMARTS) is 1. The molecule has 0 fully saturated rings. The summed E-state index contributed by atoms with van der Waals surface area (Å²) in [6.45, 7) is 1.58. The van der Waals surface area contributed by atoms with Crippen molar-refractivity contribution in [3.8, 4) is 0 Å². The van der Waals surface area contributed by atoms with Crippen LogP contribution in [0, 0.1) is 0 Å². The first-order chi connectivity index (χ1) is 7.52. The molecule has 2 aromatic rings. The van der Waals surface area contributed by atoms with E-state index in [4.69, 9.17) is 16.7 Å². The lowest BCUT2D eigenvalue weighted by Crippen LogP contribution is -2.02. The minimum absolute atomic E-state index is 0.00432. The number of aliphatic hydroxyl groups excluding tert-OH is 1. The van der Waals surface area contributed by atoms with E-state index in [2.05, 4.69) is 4.98 Å². The van der Waals surface area contributed by atoms with E-state index in [0.29, 0.717) is 16.5 Å². The van der Waals surface area contributed by atoms with E-state index in [1.165, 1.54) is 6.07 Å². The van der Waals surface area contributed by atoms with Crippen LogP contribution in [0.4, 0.5) is 0 Å². The number of fused-ring (bicyclic) bond motifs is 1. The normalized spacial score (nSPS) is 12.9. The molecule has 0 saturated heterocycles. The van der Waals surface area contributed by atoms with Crippen molar-refractivity contribution in [1.29, 1.82) is 0 Å². The number of benzene rings is 1. The quantitative estimate of drug-likeness (QED) is 0.754. The highest BCUT2D eigenvalue weighted by Gasteiger charge is 2.18. The second kappa shape index (κ2) is 3.81. The summed E-state index contributed by atoms with van der Waals surface area (Å²) in [5.41, 5.74) is 1.21. The van der Waals surface area contributed by atoms with E-state index in [1.807, 2.05) is 0 Å². The molecule has 16 heavy (non-hydrogen) atoms. The Hall–Kier alpha value is -1.52. The van der Waals surface area contributed by atoms with Crippen LogP contribution in [0.2, 0.25) is 5.02 Å². The number of rotatable bonds is 2. The first-order valence-corrected chi connectivity index (χ1v) is 5.11. The van der Waals surface area contributed by atoms with Crippen LogP contribution in [0.5, 0.6) is 0 Å². The average Bonchev–Trinajstić information content (AvgIpc) is 2.66. The third-order valence-corrected chi connectivity index (χ3v) is 2.90. The zero-order valence-electron chi connectivity index (χ0n) is 8.49. The Balaban J connectivity index is 2.85. The molecular formula is C11H10ClNO3. The first-order valence-electron chi connectivity index (χ1n) is 4.73. The number of aromatic nitrogens is 1. The summed E-state index contributed by atoms with van der Waals surface area (Å²) in [5.74, 6) is -1.10. The van der Waals surface area contributed by atoms with Crippen molar-refractivity contribution in [2.75, 3.05) is 0 Å². The Kier molecular flexibility index (Phi) is 2.61. The summed E-state index contributed by atoms with van der Waals surface area (Å²) in [5, 5.41) is 19.4. The molecule has 2 rings (SSSR count). The molecule has 0 amide bonds. The summed E-state index contributed by atoms with van der Waals surface area (Å²) in [6, 6.07) is 3.09. The number of aliphatic hydroxyl groups is 1. The Morgan fingerprint density at radius 2 is 2.25 bits per heavy atom. The van der Waals surface area contributed by atoms with Crippen molar-refractivity contribution < 1.29 is 15.0 Å². The van der Waals surface area contributed by atoms with Crippen LogP contribution in [0.3, 0.4) is 0 Å². The minimum atomic E-state index is -1.10. The fraction of sp³-hybridized carbons (Fsp3) is 0.182. The molecule has 1 aromatic heterocycles. The molecule has 0 spiro atoms. The number of carboxylic acids is 1. The number of aromatic carboxylic acids is 1. The van der Waals surface area contributed by atoms with E-state index in [1.54, 1.807) is 19.2 Å². The Morgan fingerprint density at radius 1 is 1.56 bits per heavy atom. The zero-order valence-corrected chi connectivity index (χ0v) is 9.25. The number of hydrogen-bond donors (Lipinski definition) is 3. The van der Waals surface area contributed by atoms with E-state index in [-0.39, 0.29) is 10.6 Å². The lowest BCUT2D eigenvalue weighted by molar-refractivity contribution is 0.0697. The van der Waals surface area contributed by atoms with Crippen molar-refractivity contribution in [1.82, 2.24) is 4.98 Å². The van der Waals surface area contributed by atoms with Gasteiger partial charge in [-0.05, 0) is 19.1 Å². The number of carbonyl (C=O) groups is 1. The van der Waals surface area contributed by atoms with Crippen molar-refractivity contribution in [2.24, 2.45) is 0 Å². The summed E-state index contributed by atoms with van der Waals surface area (Å²) in [6.07, 6.45) is 0.908. The fourth-order valence-electron chi connectivity index (χ4n) is 1.71. The van der Waals surface area contributed by atoms with E-state index in [0.717, 1.165) is 0 Å². The van der Waals surface area contributed by atoms with Crippen LogP contribution in [-0.2, 0) is 0 Å². The van der Waals surface area contributed by atoms with Crippen molar-refractivity contribution >= 4 is 28.5 Å². The molecule has 4 nitrogen and oxygen atoms in total. The molecule has 0 aliphatic heterocycles. The van der Waals surface area contributed by atoms with Gasteiger partial charge in [0, 0.05) is 17.1 Å². The van der Waals surface area contributed by atoms with Crippen LogP contribution < -0.4 is 0 Å². The topological polar surface area (TPSA) is 73.3 Å². The maximum atomic E-state index is 11.0. The maximum Gasteiger partial charge on any atom is 0.337 e. The smallest absolute Gasteiger partial charge is 0.337 e. The van der Waals surface area contributed by atoms with Gasteiger partial charge in [0.25, 0.3) is 0 Å². The van der Waals surface area contributed by atoms with Crippen LogP contribution in [0.15, 0.2) is 18.3 Å². The largest absolute Gasteiger partial charge is 0.478 e. The van der Waals surface area contributed by atoms with Gasteiger partial charge in [0.1, 0.15) is 0 Å². The zero-order chi connectivity index (χ0) is 11.9. The third kappa shape index (κ3) is 1.56. The predicted octanol–water partition coefficient (Wildman–Crippen LogP) is 2.57. The highest BCUT2D eigenvalue weighted by molar-refractivity contribution is 6.38. The Labute approximate surface area is 96.5 Å². The SMILES string of the molecule is CC(O)c1cc(C(=O)O)c(Cl)c2cc[nH]c12. The molecule has 0 bridgehead atoms. The molecule has 84 valence electrons. The highest BCUT2D eigenvalue weighted by Crippen LogP contribution is 2.32. The number of halogens is 1. The third-order valence-electron chi connectivity index (χ3n) is 2.49. The number of aromatic amines is 1. The summed E-state index contributed by atoms with van der Waals surface area (Å²) in [7, 11) is 0. The molecule has 0 radical (unpaired) electrons. The van der Waals surface area contributed by atoms with Gasteiger partial charge in [-0.15, -0.1) is 0 Å². The highest BCUT2D eigenvalue weighted by atomic mass is 35.5. The predicted molar refractivity (Wildman–Crippen MR) is 60.9 cm³/mol. The standard InChI is InChI=1S/C11H10ClNO3/c1-5(14)7-4-8(11(15)16)9(12)6-2-3-13-10(6)7/h2-5,13-14H,1H3,(H,15,16). The molecule has 0 aliphatic carbocycles. The number of nitrogens with one attached hydrogen (secondary N) is 1. The van der Waals surface area contributed by atoms with Gasteiger partial charge < -0.3 is 15.2 Å². The van der Waals surface area contributed by atoms with Gasteiger partial charge in [-0.1, -0.05) is 11.6 Å². The second-order valence-corrected chi connectivity index (χ2v) is 3.95. The van der Waals surface area contributed by atoms with Crippen LogP contribution in [-0.4, -0.2) is 21.2 Å². The monoisotopic (exact) mass is 239 g/mol. The molecule has 1 unspecified atom stereocenters. The Morgan fingerprint density at radius 3 is 2.81 bits per heavy atom. The molecule has 1 atom stereocenters. The van der Waals surface area contributed by atoms with Gasteiger partial charge in [0.15, 0.2) is 0 Å². The van der Waals surface area contributed by atoms with Gasteiger partial charge in [-0.2, -0.15) is 0 Å². The van der Waals surface area contributed by atoms with Crippen LogP contribution in [0.25, 0.3) is 10.9 Å². The molecule has 0 aliphatic rings. The van der Waals surface area contributed by atoms with Crippen LogP contribution >= 0.6 is 11.6 Å². The van der Waals surface area contributed by atoms with Crippen LogP contribution in [0.1, 0.15) is 28.9 Å². The van der Waals surface area contributed by atoms with Gasteiger partial charge in [-0.25, -0.2) is 4.79 Å². The molecule has 0 saturated carbocycles. The van der Waals surface area contributed by atoms with E-state index >= 15 is 0 Å². The maximum absolute atomic E-state index is 11.0. The average molecular weight is 240 g/mol. The number of H-pyrrole nitrogens is 1. The summed E-state index contributed by atoms with van der Waals surface area (Å²) >= 11 is 5.97. The molecule has 5 heteroatoms. The fourth-order valence-corrected chi connectivity index (χ4v) is 2.01. The van der Waals surface area contributed by atoms with Gasteiger partial charge >= 0.3 is 5.97 Å². The Bertz CT molecular complexity index is 560. The van der Waals surface area contributed by atoms with E-state index in [9.17, 15) is 9.90 Å². The number of hydrogen-bond acceptors (Lipinski definition) is 2. The minimum Gasteiger partial charge on any atom is -0.478 e. The molecule has 1 heterocycles. The molecular weight excluding hydrogens is 230 g/mol.